The van der Waals surface area contributed by atoms with Crippen molar-refractivity contribution in [2.45, 2.75) is 17.3 Å². The van der Waals surface area contributed by atoms with E-state index in [-0.39, 0.29) is 12.4 Å². The largest absolute Gasteiger partial charge is 0.493 e. The number of hydrogen-bond donors (Lipinski definition) is 0. The molecule has 0 unspecified atom stereocenters. The molecule has 178 valence electrons. The van der Waals surface area contributed by atoms with Gasteiger partial charge in [0.25, 0.3) is 0 Å². The van der Waals surface area contributed by atoms with Crippen molar-refractivity contribution in [2.75, 3.05) is 14.2 Å². The van der Waals surface area contributed by atoms with Gasteiger partial charge in [0.15, 0.2) is 17.1 Å². The molecule has 3 aromatic heterocycles. The van der Waals surface area contributed by atoms with Crippen LogP contribution in [-0.2, 0) is 12.3 Å². The molecule has 10 nitrogen and oxygen atoms in total. The minimum atomic E-state index is -0.410. The first-order chi connectivity index (χ1) is 17.1. The summed E-state index contributed by atoms with van der Waals surface area (Å²) in [6.07, 6.45) is 0. The molecule has 2 aromatic carbocycles. The van der Waals surface area contributed by atoms with Gasteiger partial charge in [0.2, 0.25) is 11.7 Å². The third-order valence-corrected chi connectivity index (χ3v) is 6.36. The predicted molar refractivity (Wildman–Crippen MR) is 130 cm³/mol. The summed E-state index contributed by atoms with van der Waals surface area (Å²) in [5.74, 6) is 2.25. The summed E-state index contributed by atoms with van der Waals surface area (Å²) in [5, 5.41) is 14.2. The summed E-state index contributed by atoms with van der Waals surface area (Å²) in [5.41, 5.74) is 1.71. The van der Waals surface area contributed by atoms with Crippen molar-refractivity contribution >= 4 is 29.0 Å². The second-order valence-electron chi connectivity index (χ2n) is 7.35. The van der Waals surface area contributed by atoms with E-state index in [0.29, 0.717) is 44.3 Å². The zero-order valence-electron chi connectivity index (χ0n) is 18.7. The molecule has 12 heteroatoms. The fourth-order valence-electron chi connectivity index (χ4n) is 3.43. The molecule has 0 aliphatic carbocycles. The standard InChI is InChI=1S/C23H19ClN6O4S/c1-32-17-5-3-4-16(21(17)33-2)22-25-19(34-28-22)12-29-23(31)30-18(26-29)10-11-20(27-30)35-13-14-6-8-15(24)9-7-14/h3-11H,12-13H2,1-2H3. The van der Waals surface area contributed by atoms with E-state index >= 15 is 0 Å². The molecule has 5 aromatic rings. The molecule has 0 bridgehead atoms. The number of hydrogen-bond acceptors (Lipinski definition) is 9. The minimum Gasteiger partial charge on any atom is -0.493 e. The molecule has 0 aliphatic rings. The first kappa shape index (κ1) is 22.9. The number of benzene rings is 2. The Balaban J connectivity index is 1.36. The van der Waals surface area contributed by atoms with Crippen LogP contribution in [0.3, 0.4) is 0 Å². The maximum absolute atomic E-state index is 12.9. The Morgan fingerprint density at radius 1 is 1.03 bits per heavy atom. The SMILES string of the molecule is COc1cccc(-c2noc(Cn3nc4ccc(SCc5ccc(Cl)cc5)nn4c3=O)n2)c1OC. The number of halogens is 1. The van der Waals surface area contributed by atoms with E-state index in [9.17, 15) is 4.79 Å². The number of methoxy groups -OCH3 is 2. The van der Waals surface area contributed by atoms with Gasteiger partial charge in [-0.3, -0.25) is 0 Å². The number of ether oxygens (including phenoxy) is 2. The molecule has 0 aliphatic heterocycles. The molecule has 3 heterocycles. The Hall–Kier alpha value is -3.83. The van der Waals surface area contributed by atoms with Crippen LogP contribution in [0.4, 0.5) is 0 Å². The zero-order valence-corrected chi connectivity index (χ0v) is 20.3. The number of rotatable bonds is 8. The van der Waals surface area contributed by atoms with Gasteiger partial charge in [-0.15, -0.1) is 5.10 Å². The van der Waals surface area contributed by atoms with Crippen LogP contribution in [-0.4, -0.2) is 43.8 Å². The second-order valence-corrected chi connectivity index (χ2v) is 8.78. The zero-order chi connectivity index (χ0) is 24.4. The molecule has 0 amide bonds. The van der Waals surface area contributed by atoms with Gasteiger partial charge in [-0.1, -0.05) is 46.7 Å². The smallest absolute Gasteiger partial charge is 0.367 e. The Kier molecular flexibility index (Phi) is 6.43. The highest BCUT2D eigenvalue weighted by Crippen LogP contribution is 2.36. The number of aromatic nitrogens is 6. The lowest BCUT2D eigenvalue weighted by molar-refractivity contribution is 0.354. The molecule has 0 fully saturated rings. The van der Waals surface area contributed by atoms with E-state index in [0.717, 1.165) is 5.56 Å². The van der Waals surface area contributed by atoms with Gasteiger partial charge < -0.3 is 14.0 Å². The fourth-order valence-corrected chi connectivity index (χ4v) is 4.37. The minimum absolute atomic E-state index is 0.00523. The monoisotopic (exact) mass is 510 g/mol. The molecule has 0 spiro atoms. The molecule has 0 N–H and O–H groups in total. The third kappa shape index (κ3) is 4.73. The number of para-hydroxylation sites is 1. The summed E-state index contributed by atoms with van der Waals surface area (Å²) < 4.78 is 18.6. The molecular weight excluding hydrogens is 492 g/mol. The quantitative estimate of drug-likeness (QED) is 0.286. The van der Waals surface area contributed by atoms with Crippen molar-refractivity contribution in [1.82, 2.24) is 29.5 Å². The lowest BCUT2D eigenvalue weighted by atomic mass is 10.1. The molecular formula is C23H19ClN6O4S. The van der Waals surface area contributed by atoms with Crippen LogP contribution in [0.1, 0.15) is 11.5 Å². The van der Waals surface area contributed by atoms with Gasteiger partial charge in [0, 0.05) is 10.8 Å². The van der Waals surface area contributed by atoms with Gasteiger partial charge in [-0.25, -0.2) is 9.48 Å². The van der Waals surface area contributed by atoms with Crippen molar-refractivity contribution in [3.63, 3.8) is 0 Å². The van der Waals surface area contributed by atoms with Gasteiger partial charge in [0.1, 0.15) is 11.6 Å². The van der Waals surface area contributed by atoms with Crippen molar-refractivity contribution in [1.29, 1.82) is 0 Å². The van der Waals surface area contributed by atoms with E-state index in [4.69, 9.17) is 25.6 Å². The number of thioether (sulfide) groups is 1. The Bertz CT molecular complexity index is 1550. The van der Waals surface area contributed by atoms with Crippen LogP contribution >= 0.6 is 23.4 Å². The Labute approximate surface area is 208 Å². The van der Waals surface area contributed by atoms with Crippen LogP contribution in [0.5, 0.6) is 11.5 Å². The summed E-state index contributed by atoms with van der Waals surface area (Å²) in [4.78, 5) is 17.3. The highest BCUT2D eigenvalue weighted by Gasteiger charge is 2.18. The molecule has 0 atom stereocenters. The lowest BCUT2D eigenvalue weighted by Crippen LogP contribution is -2.23. The first-order valence-electron chi connectivity index (χ1n) is 10.4. The van der Waals surface area contributed by atoms with Crippen molar-refractivity contribution in [3.8, 4) is 22.9 Å². The van der Waals surface area contributed by atoms with Crippen LogP contribution < -0.4 is 15.2 Å². The van der Waals surface area contributed by atoms with E-state index < -0.39 is 5.69 Å². The Morgan fingerprint density at radius 3 is 2.63 bits per heavy atom. The fraction of sp³-hybridized carbons (Fsp3) is 0.174. The highest BCUT2D eigenvalue weighted by atomic mass is 35.5. The molecule has 5 rings (SSSR count). The third-order valence-electron chi connectivity index (χ3n) is 5.11. The highest BCUT2D eigenvalue weighted by molar-refractivity contribution is 7.98. The summed E-state index contributed by atoms with van der Waals surface area (Å²) in [7, 11) is 3.09. The van der Waals surface area contributed by atoms with E-state index in [1.165, 1.54) is 28.1 Å². The average Bonchev–Trinajstić information content (AvgIpc) is 3.47. The van der Waals surface area contributed by atoms with Gasteiger partial charge in [-0.05, 0) is 42.0 Å². The predicted octanol–water partition coefficient (Wildman–Crippen LogP) is 3.95. The van der Waals surface area contributed by atoms with Crippen molar-refractivity contribution in [2.24, 2.45) is 0 Å². The van der Waals surface area contributed by atoms with Crippen LogP contribution in [0.15, 0.2) is 68.9 Å². The summed E-state index contributed by atoms with van der Waals surface area (Å²) >= 11 is 7.45. The van der Waals surface area contributed by atoms with Crippen molar-refractivity contribution in [3.05, 3.63) is 81.6 Å². The van der Waals surface area contributed by atoms with E-state index in [1.807, 2.05) is 30.3 Å². The molecule has 0 saturated heterocycles. The van der Waals surface area contributed by atoms with E-state index in [1.54, 1.807) is 31.4 Å². The number of fused-ring (bicyclic) bond motifs is 1. The second kappa shape index (κ2) is 9.80. The molecule has 0 saturated carbocycles. The van der Waals surface area contributed by atoms with Gasteiger partial charge in [-0.2, -0.15) is 14.6 Å². The maximum Gasteiger partial charge on any atom is 0.367 e. The lowest BCUT2D eigenvalue weighted by Gasteiger charge is -2.09. The van der Waals surface area contributed by atoms with E-state index in [2.05, 4.69) is 20.3 Å². The molecule has 35 heavy (non-hydrogen) atoms. The van der Waals surface area contributed by atoms with Crippen LogP contribution in [0, 0.1) is 0 Å². The maximum atomic E-state index is 12.9. The van der Waals surface area contributed by atoms with Crippen LogP contribution in [0.25, 0.3) is 17.0 Å². The topological polar surface area (TPSA) is 110 Å². The summed E-state index contributed by atoms with van der Waals surface area (Å²) in [6, 6.07) is 16.5. The van der Waals surface area contributed by atoms with Gasteiger partial charge in [0.05, 0.1) is 19.8 Å². The van der Waals surface area contributed by atoms with Crippen LogP contribution in [0.2, 0.25) is 5.02 Å². The first-order valence-corrected chi connectivity index (χ1v) is 11.8. The van der Waals surface area contributed by atoms with Crippen molar-refractivity contribution < 1.29 is 14.0 Å². The normalized spacial score (nSPS) is 11.2. The van der Waals surface area contributed by atoms with Gasteiger partial charge >= 0.3 is 5.69 Å². The summed E-state index contributed by atoms with van der Waals surface area (Å²) in [6.45, 7) is -0.00523. The Morgan fingerprint density at radius 2 is 1.86 bits per heavy atom. The number of nitrogens with zero attached hydrogens (tertiary/aromatic N) is 6. The molecule has 0 radical (unpaired) electrons. The average molecular weight is 511 g/mol.